The molecule has 1 atom stereocenters. The lowest BCUT2D eigenvalue weighted by Crippen LogP contribution is -2.32. The Balaban J connectivity index is 1.70. The van der Waals surface area contributed by atoms with Crippen molar-refractivity contribution in [2.75, 3.05) is 18.1 Å². The maximum Gasteiger partial charge on any atom is 0.227 e. The van der Waals surface area contributed by atoms with Gasteiger partial charge in [0.05, 0.1) is 24.6 Å². The molecule has 1 N–H and O–H groups in total. The van der Waals surface area contributed by atoms with Crippen LogP contribution < -0.4 is 9.64 Å². The number of H-pyrrole nitrogens is 1. The summed E-state index contributed by atoms with van der Waals surface area (Å²) >= 11 is 0. The zero-order valence-electron chi connectivity index (χ0n) is 19.5. The van der Waals surface area contributed by atoms with Crippen molar-refractivity contribution in [2.45, 2.75) is 53.1 Å². The van der Waals surface area contributed by atoms with E-state index in [1.807, 2.05) is 69.1 Å². The summed E-state index contributed by atoms with van der Waals surface area (Å²) in [5.41, 5.74) is 4.83. The molecule has 1 aliphatic rings. The molecule has 0 saturated carbocycles. The second-order valence-electron chi connectivity index (χ2n) is 8.02. The predicted octanol–water partition coefficient (Wildman–Crippen LogP) is 5.80. The summed E-state index contributed by atoms with van der Waals surface area (Å²) < 4.78 is 12.2. The molecule has 0 aliphatic carbocycles. The van der Waals surface area contributed by atoms with E-state index in [-0.39, 0.29) is 12.0 Å². The van der Waals surface area contributed by atoms with Gasteiger partial charge < -0.3 is 14.4 Å². The quantitative estimate of drug-likeness (QED) is 0.323. The zero-order valence-corrected chi connectivity index (χ0v) is 19.5. The van der Waals surface area contributed by atoms with Gasteiger partial charge in [-0.05, 0) is 57.4 Å². The molecule has 0 fully saturated rings. The average molecular weight is 436 g/mol. The van der Waals surface area contributed by atoms with Gasteiger partial charge in [0.15, 0.2) is 5.75 Å². The van der Waals surface area contributed by atoms with Gasteiger partial charge in [-0.25, -0.2) is 0 Å². The van der Waals surface area contributed by atoms with E-state index in [9.17, 15) is 4.79 Å². The van der Waals surface area contributed by atoms with Crippen molar-refractivity contribution < 1.29 is 14.3 Å². The molecule has 2 aromatic rings. The smallest absolute Gasteiger partial charge is 0.227 e. The molecule has 1 aliphatic heterocycles. The summed E-state index contributed by atoms with van der Waals surface area (Å²) in [6.07, 6.45) is 9.21. The third kappa shape index (κ3) is 5.31. The van der Waals surface area contributed by atoms with Crippen LogP contribution in [0, 0.1) is 0 Å². The lowest BCUT2D eigenvalue weighted by atomic mass is 10.1. The molecular weight excluding hydrogens is 402 g/mol. The van der Waals surface area contributed by atoms with E-state index in [1.54, 1.807) is 6.20 Å². The number of carbonyl (C=O) groups is 1. The first-order valence-electron chi connectivity index (χ1n) is 11.1. The Bertz CT molecular complexity index is 1010. The third-order valence-electron chi connectivity index (χ3n) is 5.80. The van der Waals surface area contributed by atoms with Gasteiger partial charge >= 0.3 is 0 Å². The van der Waals surface area contributed by atoms with Crippen LogP contribution in [0.15, 0.2) is 66.2 Å². The number of nitrogens with one attached hydrogen (secondary N) is 1. The van der Waals surface area contributed by atoms with Crippen molar-refractivity contribution in [2.24, 2.45) is 0 Å². The van der Waals surface area contributed by atoms with Gasteiger partial charge in [0.1, 0.15) is 5.76 Å². The number of fused-ring (bicyclic) bond motifs is 1. The van der Waals surface area contributed by atoms with Gasteiger partial charge in [-0.3, -0.25) is 9.89 Å². The van der Waals surface area contributed by atoms with Crippen LogP contribution in [-0.2, 0) is 9.53 Å². The van der Waals surface area contributed by atoms with Crippen LogP contribution in [-0.4, -0.2) is 35.4 Å². The highest BCUT2D eigenvalue weighted by molar-refractivity contribution is 5.96. The standard InChI is InChI=1S/C26H33N3O3/c1-6-18(3)20(5)24(7-2)31-15-9-12-25(30)29-14-13-19(4)32-26-22(10-8-11-23(26)29)21-16-27-28-17-21/h6-8,10-11,16-17,19H,1,9,12-15H2,2-5H3,(H,27,28)/b20-18-,24-7+. The number of allylic oxidation sites excluding steroid dienone is 4. The minimum atomic E-state index is 0.0167. The monoisotopic (exact) mass is 435 g/mol. The fourth-order valence-corrected chi connectivity index (χ4v) is 3.73. The highest BCUT2D eigenvalue weighted by Gasteiger charge is 2.27. The number of aromatic nitrogens is 2. The number of benzene rings is 1. The summed E-state index contributed by atoms with van der Waals surface area (Å²) in [5.74, 6) is 1.65. The second-order valence-corrected chi connectivity index (χ2v) is 8.02. The fraction of sp³-hybridized carbons (Fsp3) is 0.385. The van der Waals surface area contributed by atoms with Crippen molar-refractivity contribution >= 4 is 11.6 Å². The number of para-hydroxylation sites is 1. The Kier molecular flexibility index (Phi) is 7.92. The van der Waals surface area contributed by atoms with Crippen LogP contribution in [0.3, 0.4) is 0 Å². The average Bonchev–Trinajstić information content (AvgIpc) is 3.27. The van der Waals surface area contributed by atoms with Gasteiger partial charge in [0.2, 0.25) is 5.91 Å². The molecule has 1 amide bonds. The van der Waals surface area contributed by atoms with Crippen molar-refractivity contribution in [3.8, 4) is 16.9 Å². The van der Waals surface area contributed by atoms with E-state index in [1.165, 1.54) is 0 Å². The van der Waals surface area contributed by atoms with Crippen LogP contribution in [0.1, 0.15) is 47.0 Å². The molecule has 1 aromatic carbocycles. The van der Waals surface area contributed by atoms with Crippen molar-refractivity contribution in [3.05, 3.63) is 66.2 Å². The Morgan fingerprint density at radius 2 is 2.22 bits per heavy atom. The van der Waals surface area contributed by atoms with Crippen molar-refractivity contribution in [3.63, 3.8) is 0 Å². The highest BCUT2D eigenvalue weighted by Crippen LogP contribution is 2.41. The number of anilines is 1. The molecule has 3 rings (SSSR count). The first-order valence-corrected chi connectivity index (χ1v) is 11.1. The number of aromatic amines is 1. The Morgan fingerprint density at radius 3 is 2.91 bits per heavy atom. The van der Waals surface area contributed by atoms with Crippen molar-refractivity contribution in [1.82, 2.24) is 10.2 Å². The van der Waals surface area contributed by atoms with E-state index in [2.05, 4.69) is 16.8 Å². The molecular formula is C26H33N3O3. The topological polar surface area (TPSA) is 67.4 Å². The molecule has 170 valence electrons. The molecule has 0 bridgehead atoms. The van der Waals surface area contributed by atoms with Gasteiger partial charge in [-0.1, -0.05) is 24.8 Å². The summed E-state index contributed by atoms with van der Waals surface area (Å²) in [5, 5.41) is 6.90. The van der Waals surface area contributed by atoms with Crippen LogP contribution in [0.5, 0.6) is 5.75 Å². The van der Waals surface area contributed by atoms with E-state index >= 15 is 0 Å². The molecule has 1 aromatic heterocycles. The summed E-state index contributed by atoms with van der Waals surface area (Å²) in [7, 11) is 0. The van der Waals surface area contributed by atoms with Crippen molar-refractivity contribution in [1.29, 1.82) is 0 Å². The molecule has 2 heterocycles. The van der Waals surface area contributed by atoms with Gasteiger partial charge in [0, 0.05) is 36.7 Å². The Morgan fingerprint density at radius 1 is 1.41 bits per heavy atom. The molecule has 1 unspecified atom stereocenters. The van der Waals surface area contributed by atoms with E-state index in [0.29, 0.717) is 26.0 Å². The van der Waals surface area contributed by atoms with Crippen LogP contribution >= 0.6 is 0 Å². The number of hydrogen-bond acceptors (Lipinski definition) is 4. The summed E-state index contributed by atoms with van der Waals surface area (Å²) in [6, 6.07) is 5.91. The number of hydrogen-bond donors (Lipinski definition) is 1. The van der Waals surface area contributed by atoms with Crippen LogP contribution in [0.4, 0.5) is 5.69 Å². The second kappa shape index (κ2) is 10.8. The lowest BCUT2D eigenvalue weighted by Gasteiger charge is -2.23. The normalized spacial score (nSPS) is 17.1. The zero-order chi connectivity index (χ0) is 23.1. The molecule has 6 heteroatoms. The molecule has 0 saturated heterocycles. The fourth-order valence-electron chi connectivity index (χ4n) is 3.73. The molecule has 32 heavy (non-hydrogen) atoms. The largest absolute Gasteiger partial charge is 0.494 e. The maximum absolute atomic E-state index is 13.2. The first-order chi connectivity index (χ1) is 15.5. The first kappa shape index (κ1) is 23.4. The van der Waals surface area contributed by atoms with Gasteiger partial charge in [0.25, 0.3) is 0 Å². The molecule has 0 spiro atoms. The molecule has 0 radical (unpaired) electrons. The summed E-state index contributed by atoms with van der Waals surface area (Å²) in [6.45, 7) is 12.9. The summed E-state index contributed by atoms with van der Waals surface area (Å²) in [4.78, 5) is 15.0. The number of carbonyl (C=O) groups excluding carboxylic acids is 1. The number of nitrogens with zero attached hydrogens (tertiary/aromatic N) is 2. The van der Waals surface area contributed by atoms with Crippen LogP contribution in [0.2, 0.25) is 0 Å². The SMILES string of the molecule is C=C/C(C)=C(C)\C(=C/C)OCCCC(=O)N1CCC(C)Oc2c(-c3cn[nH]c3)cccc21. The molecule has 6 nitrogen and oxygen atoms in total. The number of rotatable bonds is 8. The predicted molar refractivity (Wildman–Crippen MR) is 129 cm³/mol. The highest BCUT2D eigenvalue weighted by atomic mass is 16.5. The number of ether oxygens (including phenoxy) is 2. The Hall–Kier alpha value is -3.28. The lowest BCUT2D eigenvalue weighted by molar-refractivity contribution is -0.118. The van der Waals surface area contributed by atoms with E-state index < -0.39 is 0 Å². The van der Waals surface area contributed by atoms with Gasteiger partial charge in [-0.15, -0.1) is 0 Å². The van der Waals surface area contributed by atoms with E-state index in [0.717, 1.165) is 45.9 Å². The maximum atomic E-state index is 13.2. The minimum absolute atomic E-state index is 0.0167. The van der Waals surface area contributed by atoms with Crippen LogP contribution in [0.25, 0.3) is 11.1 Å². The van der Waals surface area contributed by atoms with E-state index in [4.69, 9.17) is 9.47 Å². The van der Waals surface area contributed by atoms with Gasteiger partial charge in [-0.2, -0.15) is 5.10 Å². The third-order valence-corrected chi connectivity index (χ3v) is 5.80. The minimum Gasteiger partial charge on any atom is -0.494 e. The Labute approximate surface area is 190 Å². The number of amides is 1.